The summed E-state index contributed by atoms with van der Waals surface area (Å²) in [5.74, 6) is 1.07. The molecule has 0 fully saturated rings. The Morgan fingerprint density at radius 2 is 2.00 bits per heavy atom. The molecule has 0 amide bonds. The maximum Gasteiger partial charge on any atom is 0.353 e. The summed E-state index contributed by atoms with van der Waals surface area (Å²) in [6.45, 7) is 4.21. The molecule has 1 aromatic heterocycles. The molecule has 2 rings (SSSR count). The largest absolute Gasteiger partial charge is 0.493 e. The zero-order chi connectivity index (χ0) is 13.8. The molecular weight excluding hydrogens is 260 g/mol. The van der Waals surface area contributed by atoms with Gasteiger partial charge in [-0.3, -0.25) is 0 Å². The van der Waals surface area contributed by atoms with Crippen LogP contribution in [0.4, 0.5) is 0 Å². The van der Waals surface area contributed by atoms with Gasteiger partial charge in [0, 0.05) is 0 Å². The van der Waals surface area contributed by atoms with Crippen LogP contribution in [0.25, 0.3) is 0 Å². The van der Waals surface area contributed by atoms with Gasteiger partial charge in [0.15, 0.2) is 11.5 Å². The van der Waals surface area contributed by atoms with Crippen molar-refractivity contribution in [3.05, 3.63) is 46.2 Å². The van der Waals surface area contributed by atoms with Gasteiger partial charge in [-0.1, -0.05) is 26.0 Å². The van der Waals surface area contributed by atoms with Gasteiger partial charge in [-0.15, -0.1) is 11.3 Å². The Balaban J connectivity index is 2.23. The number of hydrogen-bond donors (Lipinski definition) is 0. The summed E-state index contributed by atoms with van der Waals surface area (Å²) in [4.78, 5) is 12.5. The van der Waals surface area contributed by atoms with E-state index in [4.69, 9.17) is 9.47 Å². The van der Waals surface area contributed by atoms with Crippen LogP contribution in [0.5, 0.6) is 11.5 Å². The highest BCUT2D eigenvalue weighted by molar-refractivity contribution is 7.12. The highest BCUT2D eigenvalue weighted by Gasteiger charge is 2.14. The lowest BCUT2D eigenvalue weighted by molar-refractivity contribution is 0.0735. The molecule has 2 aromatic rings. The predicted octanol–water partition coefficient (Wildman–Crippen LogP) is 4.10. The fraction of sp³-hybridized carbons (Fsp3) is 0.267. The molecule has 0 aliphatic rings. The summed E-state index contributed by atoms with van der Waals surface area (Å²) in [6, 6.07) is 9.19. The van der Waals surface area contributed by atoms with Crippen molar-refractivity contribution >= 4 is 17.3 Å². The van der Waals surface area contributed by atoms with Crippen molar-refractivity contribution in [2.75, 3.05) is 7.11 Å². The van der Waals surface area contributed by atoms with Crippen LogP contribution in [-0.4, -0.2) is 13.1 Å². The van der Waals surface area contributed by atoms with E-state index >= 15 is 0 Å². The van der Waals surface area contributed by atoms with E-state index in [-0.39, 0.29) is 5.97 Å². The molecule has 0 radical (unpaired) electrons. The second-order valence-corrected chi connectivity index (χ2v) is 5.38. The van der Waals surface area contributed by atoms with Crippen molar-refractivity contribution in [3.8, 4) is 11.5 Å². The summed E-state index contributed by atoms with van der Waals surface area (Å²) < 4.78 is 10.6. The molecule has 0 N–H and O–H groups in total. The molecule has 1 aromatic carbocycles. The number of thiophene rings is 1. The summed E-state index contributed by atoms with van der Waals surface area (Å²) in [7, 11) is 1.57. The van der Waals surface area contributed by atoms with E-state index in [1.807, 2.05) is 23.6 Å². The lowest BCUT2D eigenvalue weighted by Gasteiger charge is -2.12. The fourth-order valence-electron chi connectivity index (χ4n) is 1.67. The standard InChI is InChI=1S/C15H16O3S/c1-10(2)11-6-7-12(13(9-11)17-3)18-15(16)14-5-4-8-19-14/h4-10H,1-3H3. The van der Waals surface area contributed by atoms with Crippen molar-refractivity contribution in [2.24, 2.45) is 0 Å². The number of methoxy groups -OCH3 is 1. The molecule has 0 unspecified atom stereocenters. The minimum atomic E-state index is -0.356. The summed E-state index contributed by atoms with van der Waals surface area (Å²) in [5.41, 5.74) is 1.15. The molecule has 0 spiro atoms. The van der Waals surface area contributed by atoms with Gasteiger partial charge < -0.3 is 9.47 Å². The Labute approximate surface area is 116 Å². The average molecular weight is 276 g/mol. The number of esters is 1. The third-order valence-electron chi connectivity index (χ3n) is 2.78. The highest BCUT2D eigenvalue weighted by Crippen LogP contribution is 2.31. The zero-order valence-electron chi connectivity index (χ0n) is 11.2. The molecule has 0 aliphatic carbocycles. The molecule has 1 heterocycles. The predicted molar refractivity (Wildman–Crippen MR) is 76.4 cm³/mol. The molecule has 3 nitrogen and oxygen atoms in total. The summed E-state index contributed by atoms with van der Waals surface area (Å²) in [6.07, 6.45) is 0. The van der Waals surface area contributed by atoms with Crippen molar-refractivity contribution in [1.82, 2.24) is 0 Å². The third-order valence-corrected chi connectivity index (χ3v) is 3.63. The number of benzene rings is 1. The molecule has 0 bridgehead atoms. The highest BCUT2D eigenvalue weighted by atomic mass is 32.1. The number of rotatable bonds is 4. The first-order valence-electron chi connectivity index (χ1n) is 6.05. The van der Waals surface area contributed by atoms with Gasteiger partial charge >= 0.3 is 5.97 Å². The van der Waals surface area contributed by atoms with Crippen LogP contribution in [0.3, 0.4) is 0 Å². The second kappa shape index (κ2) is 5.89. The minimum absolute atomic E-state index is 0.356. The SMILES string of the molecule is COc1cc(C(C)C)ccc1OC(=O)c1cccs1. The average Bonchev–Trinajstić information content (AvgIpc) is 2.92. The van der Waals surface area contributed by atoms with Gasteiger partial charge in [0.1, 0.15) is 4.88 Å². The van der Waals surface area contributed by atoms with Crippen LogP contribution in [0.15, 0.2) is 35.7 Å². The summed E-state index contributed by atoms with van der Waals surface area (Å²) >= 11 is 1.36. The van der Waals surface area contributed by atoms with E-state index in [9.17, 15) is 4.79 Å². The van der Waals surface area contributed by atoms with Crippen LogP contribution in [0.1, 0.15) is 35.0 Å². The van der Waals surface area contributed by atoms with Crippen LogP contribution in [-0.2, 0) is 0 Å². The van der Waals surface area contributed by atoms with Gasteiger partial charge in [0.05, 0.1) is 7.11 Å². The molecule has 0 saturated carbocycles. The fourth-order valence-corrected chi connectivity index (χ4v) is 2.27. The first-order valence-corrected chi connectivity index (χ1v) is 6.93. The minimum Gasteiger partial charge on any atom is -0.493 e. The van der Waals surface area contributed by atoms with Crippen molar-refractivity contribution < 1.29 is 14.3 Å². The molecule has 19 heavy (non-hydrogen) atoms. The molecule has 100 valence electrons. The van der Waals surface area contributed by atoms with E-state index in [1.165, 1.54) is 11.3 Å². The number of ether oxygens (including phenoxy) is 2. The Kier molecular flexibility index (Phi) is 4.22. The molecule has 0 saturated heterocycles. The van der Waals surface area contributed by atoms with E-state index in [1.54, 1.807) is 19.2 Å². The van der Waals surface area contributed by atoms with Crippen molar-refractivity contribution in [3.63, 3.8) is 0 Å². The Hall–Kier alpha value is -1.81. The summed E-state index contributed by atoms with van der Waals surface area (Å²) in [5, 5.41) is 1.84. The van der Waals surface area contributed by atoms with Gasteiger partial charge in [0.25, 0.3) is 0 Å². The second-order valence-electron chi connectivity index (χ2n) is 4.43. The van der Waals surface area contributed by atoms with E-state index in [2.05, 4.69) is 13.8 Å². The van der Waals surface area contributed by atoms with Crippen LogP contribution >= 0.6 is 11.3 Å². The van der Waals surface area contributed by atoms with Gasteiger partial charge in [-0.25, -0.2) is 4.79 Å². The van der Waals surface area contributed by atoms with E-state index in [0.717, 1.165) is 5.56 Å². The number of carbonyl (C=O) groups excluding carboxylic acids is 1. The molecule has 0 aliphatic heterocycles. The lowest BCUT2D eigenvalue weighted by atomic mass is 10.0. The first-order chi connectivity index (χ1) is 9.11. The van der Waals surface area contributed by atoms with Gasteiger partial charge in [-0.2, -0.15) is 0 Å². The smallest absolute Gasteiger partial charge is 0.353 e. The van der Waals surface area contributed by atoms with Gasteiger partial charge in [-0.05, 0) is 35.1 Å². The van der Waals surface area contributed by atoms with E-state index < -0.39 is 0 Å². The van der Waals surface area contributed by atoms with Crippen molar-refractivity contribution in [2.45, 2.75) is 19.8 Å². The van der Waals surface area contributed by atoms with Crippen molar-refractivity contribution in [1.29, 1.82) is 0 Å². The van der Waals surface area contributed by atoms with Crippen LogP contribution < -0.4 is 9.47 Å². The molecular formula is C15H16O3S. The Morgan fingerprint density at radius 1 is 1.21 bits per heavy atom. The number of carbonyl (C=O) groups is 1. The van der Waals surface area contributed by atoms with Gasteiger partial charge in [0.2, 0.25) is 0 Å². The zero-order valence-corrected chi connectivity index (χ0v) is 12.0. The Morgan fingerprint density at radius 3 is 2.58 bits per heavy atom. The first kappa shape index (κ1) is 13.6. The maximum atomic E-state index is 11.9. The van der Waals surface area contributed by atoms with E-state index in [0.29, 0.717) is 22.3 Å². The topological polar surface area (TPSA) is 35.5 Å². The van der Waals surface area contributed by atoms with Crippen LogP contribution in [0.2, 0.25) is 0 Å². The maximum absolute atomic E-state index is 11.9. The van der Waals surface area contributed by atoms with Crippen LogP contribution in [0, 0.1) is 0 Å². The lowest BCUT2D eigenvalue weighted by Crippen LogP contribution is -2.07. The third kappa shape index (κ3) is 3.15. The molecule has 4 heteroatoms. The molecule has 0 atom stereocenters. The monoisotopic (exact) mass is 276 g/mol. The Bertz CT molecular complexity index is 559. The number of hydrogen-bond acceptors (Lipinski definition) is 4. The quantitative estimate of drug-likeness (QED) is 0.623. The normalized spacial score (nSPS) is 10.5.